The van der Waals surface area contributed by atoms with E-state index in [0.29, 0.717) is 25.4 Å². The van der Waals surface area contributed by atoms with Crippen LogP contribution in [0.1, 0.15) is 46.0 Å². The highest BCUT2D eigenvalue weighted by Crippen LogP contribution is 2.17. The summed E-state index contributed by atoms with van der Waals surface area (Å²) < 4.78 is 5.57. The molecule has 1 saturated heterocycles. The molecule has 1 N–H and O–H groups in total. The molecule has 1 fully saturated rings. The fourth-order valence-corrected chi connectivity index (χ4v) is 2.28. The molecule has 0 aliphatic carbocycles. The smallest absolute Gasteiger partial charge is 0.305 e. The van der Waals surface area contributed by atoms with E-state index in [0.717, 1.165) is 25.9 Å². The molecule has 1 amide bonds. The standard InChI is InChI=1S/C14H25NO4/c1-11(2)10-15(7-6-14(17)18)13(16)9-12-5-3-4-8-19-12/h11-12H,3-10H2,1-2H3,(H,17,18). The average molecular weight is 271 g/mol. The minimum Gasteiger partial charge on any atom is -0.481 e. The van der Waals surface area contributed by atoms with Gasteiger partial charge in [0.2, 0.25) is 5.91 Å². The Hall–Kier alpha value is -1.10. The van der Waals surface area contributed by atoms with Gasteiger partial charge in [-0.15, -0.1) is 0 Å². The minimum atomic E-state index is -0.865. The van der Waals surface area contributed by atoms with Gasteiger partial charge in [-0.2, -0.15) is 0 Å². The second-order valence-electron chi connectivity index (χ2n) is 5.57. The van der Waals surface area contributed by atoms with Crippen molar-refractivity contribution in [1.82, 2.24) is 4.90 Å². The van der Waals surface area contributed by atoms with Crippen LogP contribution in [0.25, 0.3) is 0 Å². The molecule has 19 heavy (non-hydrogen) atoms. The fraction of sp³-hybridized carbons (Fsp3) is 0.857. The molecule has 1 aliphatic heterocycles. The predicted molar refractivity (Wildman–Crippen MR) is 71.9 cm³/mol. The first kappa shape index (κ1) is 16.0. The zero-order valence-electron chi connectivity index (χ0n) is 11.9. The summed E-state index contributed by atoms with van der Waals surface area (Å²) >= 11 is 0. The zero-order valence-corrected chi connectivity index (χ0v) is 11.9. The highest BCUT2D eigenvalue weighted by molar-refractivity contribution is 5.77. The Kier molecular flexibility index (Phi) is 6.84. The number of carbonyl (C=O) groups excluding carboxylic acids is 1. The van der Waals surface area contributed by atoms with Crippen LogP contribution in [-0.2, 0) is 14.3 Å². The van der Waals surface area contributed by atoms with Crippen LogP contribution in [0.5, 0.6) is 0 Å². The summed E-state index contributed by atoms with van der Waals surface area (Å²) in [6.45, 7) is 5.69. The Morgan fingerprint density at radius 1 is 1.37 bits per heavy atom. The number of carboxylic acids is 1. The van der Waals surface area contributed by atoms with E-state index in [9.17, 15) is 9.59 Å². The molecule has 110 valence electrons. The van der Waals surface area contributed by atoms with E-state index in [1.54, 1.807) is 4.90 Å². The molecule has 0 saturated carbocycles. The molecular weight excluding hydrogens is 246 g/mol. The van der Waals surface area contributed by atoms with Gasteiger partial charge in [0.1, 0.15) is 0 Å². The van der Waals surface area contributed by atoms with Crippen LogP contribution in [0.4, 0.5) is 0 Å². The second-order valence-corrected chi connectivity index (χ2v) is 5.57. The molecule has 1 rings (SSSR count). The van der Waals surface area contributed by atoms with E-state index in [-0.39, 0.29) is 18.4 Å². The number of ether oxygens (including phenoxy) is 1. The molecule has 0 aromatic heterocycles. The fourth-order valence-electron chi connectivity index (χ4n) is 2.28. The molecule has 5 heteroatoms. The van der Waals surface area contributed by atoms with E-state index >= 15 is 0 Å². The second kappa shape index (κ2) is 8.15. The summed E-state index contributed by atoms with van der Waals surface area (Å²) in [4.78, 5) is 24.5. The largest absolute Gasteiger partial charge is 0.481 e. The molecule has 0 spiro atoms. The maximum Gasteiger partial charge on any atom is 0.305 e. The Morgan fingerprint density at radius 2 is 2.11 bits per heavy atom. The normalized spacial score (nSPS) is 19.4. The van der Waals surface area contributed by atoms with E-state index in [1.165, 1.54) is 0 Å². The first-order valence-corrected chi connectivity index (χ1v) is 7.10. The van der Waals surface area contributed by atoms with E-state index in [2.05, 4.69) is 0 Å². The van der Waals surface area contributed by atoms with Gasteiger partial charge >= 0.3 is 5.97 Å². The number of carbonyl (C=O) groups is 2. The van der Waals surface area contributed by atoms with Crippen molar-refractivity contribution in [3.8, 4) is 0 Å². The van der Waals surface area contributed by atoms with Gasteiger partial charge in [-0.25, -0.2) is 0 Å². The third-order valence-electron chi connectivity index (χ3n) is 3.21. The van der Waals surface area contributed by atoms with Crippen LogP contribution in [0.3, 0.4) is 0 Å². The van der Waals surface area contributed by atoms with Crippen molar-refractivity contribution < 1.29 is 19.4 Å². The van der Waals surface area contributed by atoms with Crippen LogP contribution in [0, 0.1) is 5.92 Å². The molecule has 0 radical (unpaired) electrons. The summed E-state index contributed by atoms with van der Waals surface area (Å²) in [7, 11) is 0. The summed E-state index contributed by atoms with van der Waals surface area (Å²) in [6, 6.07) is 0. The number of carboxylic acid groups (broad SMARTS) is 1. The quantitative estimate of drug-likeness (QED) is 0.768. The lowest BCUT2D eigenvalue weighted by molar-refractivity contribution is -0.139. The molecule has 1 heterocycles. The van der Waals surface area contributed by atoms with Gasteiger partial charge in [-0.3, -0.25) is 9.59 Å². The van der Waals surface area contributed by atoms with Crippen molar-refractivity contribution in [3.05, 3.63) is 0 Å². The van der Waals surface area contributed by atoms with Gasteiger partial charge in [0, 0.05) is 19.7 Å². The third-order valence-corrected chi connectivity index (χ3v) is 3.21. The van der Waals surface area contributed by atoms with E-state index < -0.39 is 5.97 Å². The predicted octanol–water partition coefficient (Wildman–Crippen LogP) is 1.90. The van der Waals surface area contributed by atoms with Crippen LogP contribution in [-0.4, -0.2) is 47.7 Å². The van der Waals surface area contributed by atoms with Crippen molar-refractivity contribution in [1.29, 1.82) is 0 Å². The SMILES string of the molecule is CC(C)CN(CCC(=O)O)C(=O)CC1CCCCO1. The van der Waals surface area contributed by atoms with Gasteiger partial charge in [0.05, 0.1) is 18.9 Å². The maximum absolute atomic E-state index is 12.2. The molecular formula is C14H25NO4. The van der Waals surface area contributed by atoms with Crippen LogP contribution in [0.2, 0.25) is 0 Å². The van der Waals surface area contributed by atoms with Gasteiger partial charge in [0.25, 0.3) is 0 Å². The van der Waals surface area contributed by atoms with Crippen molar-refractivity contribution in [2.45, 2.75) is 52.1 Å². The lowest BCUT2D eigenvalue weighted by atomic mass is 10.1. The van der Waals surface area contributed by atoms with Crippen molar-refractivity contribution in [2.24, 2.45) is 5.92 Å². The van der Waals surface area contributed by atoms with Crippen molar-refractivity contribution >= 4 is 11.9 Å². The Bertz CT molecular complexity index is 298. The summed E-state index contributed by atoms with van der Waals surface area (Å²) in [5.74, 6) is -0.512. The number of aliphatic carboxylic acids is 1. The molecule has 0 aromatic rings. The highest BCUT2D eigenvalue weighted by atomic mass is 16.5. The zero-order chi connectivity index (χ0) is 14.3. The first-order chi connectivity index (χ1) is 8.99. The van der Waals surface area contributed by atoms with Gasteiger partial charge < -0.3 is 14.7 Å². The molecule has 1 atom stereocenters. The van der Waals surface area contributed by atoms with Gasteiger partial charge in [-0.1, -0.05) is 13.8 Å². The molecule has 0 bridgehead atoms. The Morgan fingerprint density at radius 3 is 2.63 bits per heavy atom. The molecule has 0 aromatic carbocycles. The first-order valence-electron chi connectivity index (χ1n) is 7.10. The van der Waals surface area contributed by atoms with Gasteiger partial charge in [-0.05, 0) is 25.2 Å². The van der Waals surface area contributed by atoms with Gasteiger partial charge in [0.15, 0.2) is 0 Å². The Balaban J connectivity index is 2.46. The van der Waals surface area contributed by atoms with E-state index in [1.807, 2.05) is 13.8 Å². The monoisotopic (exact) mass is 271 g/mol. The number of hydrogen-bond acceptors (Lipinski definition) is 3. The van der Waals surface area contributed by atoms with E-state index in [4.69, 9.17) is 9.84 Å². The minimum absolute atomic E-state index is 0.00395. The Labute approximate surface area is 114 Å². The van der Waals surface area contributed by atoms with Crippen LogP contribution in [0.15, 0.2) is 0 Å². The van der Waals surface area contributed by atoms with Crippen LogP contribution < -0.4 is 0 Å². The van der Waals surface area contributed by atoms with Crippen molar-refractivity contribution in [2.75, 3.05) is 19.7 Å². The number of nitrogens with zero attached hydrogens (tertiary/aromatic N) is 1. The lowest BCUT2D eigenvalue weighted by Gasteiger charge is -2.28. The van der Waals surface area contributed by atoms with Crippen LogP contribution >= 0.6 is 0 Å². The summed E-state index contributed by atoms with van der Waals surface area (Å²) in [6.07, 6.45) is 3.51. The summed E-state index contributed by atoms with van der Waals surface area (Å²) in [5, 5.41) is 8.74. The molecule has 1 aliphatic rings. The molecule has 5 nitrogen and oxygen atoms in total. The summed E-state index contributed by atoms with van der Waals surface area (Å²) in [5.41, 5.74) is 0. The number of hydrogen-bond donors (Lipinski definition) is 1. The number of rotatable bonds is 7. The highest BCUT2D eigenvalue weighted by Gasteiger charge is 2.22. The topological polar surface area (TPSA) is 66.8 Å². The average Bonchev–Trinajstić information content (AvgIpc) is 2.35. The lowest BCUT2D eigenvalue weighted by Crippen LogP contribution is -2.38. The van der Waals surface area contributed by atoms with Crippen molar-refractivity contribution in [3.63, 3.8) is 0 Å². The molecule has 1 unspecified atom stereocenters. The third kappa shape index (κ3) is 6.57. The maximum atomic E-state index is 12.2. The number of amides is 1.